The lowest BCUT2D eigenvalue weighted by molar-refractivity contribution is 0.0788. The minimum absolute atomic E-state index is 0.138. The normalized spacial score (nSPS) is 19.6. The molecule has 1 aliphatic heterocycles. The molecular formula is C14H16N2OS. The van der Waals surface area contributed by atoms with Gasteiger partial charge in [-0.05, 0) is 53.9 Å². The van der Waals surface area contributed by atoms with Gasteiger partial charge in [-0.25, -0.2) is 0 Å². The first kappa shape index (κ1) is 11.7. The van der Waals surface area contributed by atoms with Crippen LogP contribution in [-0.4, -0.2) is 30.4 Å². The van der Waals surface area contributed by atoms with Gasteiger partial charge in [-0.1, -0.05) is 0 Å². The number of fused-ring (bicyclic) bond motifs is 1. The number of nitrogens with zero attached hydrogens (tertiary/aromatic N) is 1. The first-order chi connectivity index (χ1) is 8.78. The first-order valence-corrected chi connectivity index (χ1v) is 7.12. The zero-order valence-electron chi connectivity index (χ0n) is 10.1. The number of hydrogen-bond donors (Lipinski definition) is 1. The lowest BCUT2D eigenvalue weighted by atomic mass is 10.1. The standard InChI is InChI=1S/C14H16N2OS/c15-8-10-3-5-16(9-10)14(17)12-1-2-13-11(7-12)4-6-18-13/h1-2,4,6-7,10H,3,5,8-9,15H2. The second kappa shape index (κ2) is 4.71. The summed E-state index contributed by atoms with van der Waals surface area (Å²) in [7, 11) is 0. The van der Waals surface area contributed by atoms with Crippen LogP contribution in [0.1, 0.15) is 16.8 Å². The summed E-state index contributed by atoms with van der Waals surface area (Å²) in [6, 6.07) is 8.01. The highest BCUT2D eigenvalue weighted by molar-refractivity contribution is 7.17. The summed E-state index contributed by atoms with van der Waals surface area (Å²) in [5, 5.41) is 3.21. The second-order valence-electron chi connectivity index (χ2n) is 4.81. The minimum Gasteiger partial charge on any atom is -0.338 e. The van der Waals surface area contributed by atoms with Crippen molar-refractivity contribution in [2.45, 2.75) is 6.42 Å². The Hall–Kier alpha value is -1.39. The number of thiophene rings is 1. The summed E-state index contributed by atoms with van der Waals surface area (Å²) in [6.45, 7) is 2.31. The molecule has 1 aromatic carbocycles. The summed E-state index contributed by atoms with van der Waals surface area (Å²) < 4.78 is 1.23. The molecule has 1 saturated heterocycles. The van der Waals surface area contributed by atoms with Crippen LogP contribution >= 0.6 is 11.3 Å². The summed E-state index contributed by atoms with van der Waals surface area (Å²) in [4.78, 5) is 14.3. The van der Waals surface area contributed by atoms with E-state index in [0.29, 0.717) is 12.5 Å². The van der Waals surface area contributed by atoms with Crippen molar-refractivity contribution in [3.8, 4) is 0 Å². The predicted octanol–water partition coefficient (Wildman–Crippen LogP) is 2.32. The third-order valence-corrected chi connectivity index (χ3v) is 4.50. The number of rotatable bonds is 2. The third-order valence-electron chi connectivity index (χ3n) is 3.61. The smallest absolute Gasteiger partial charge is 0.253 e. The van der Waals surface area contributed by atoms with Crippen LogP contribution in [0.2, 0.25) is 0 Å². The molecule has 94 valence electrons. The molecule has 1 atom stereocenters. The highest BCUT2D eigenvalue weighted by Gasteiger charge is 2.25. The van der Waals surface area contributed by atoms with Crippen molar-refractivity contribution in [3.05, 3.63) is 35.2 Å². The monoisotopic (exact) mass is 260 g/mol. The lowest BCUT2D eigenvalue weighted by Gasteiger charge is -2.16. The van der Waals surface area contributed by atoms with Crippen molar-refractivity contribution >= 4 is 27.3 Å². The quantitative estimate of drug-likeness (QED) is 0.900. The minimum atomic E-state index is 0.138. The van der Waals surface area contributed by atoms with E-state index in [1.165, 1.54) is 4.70 Å². The van der Waals surface area contributed by atoms with Crippen molar-refractivity contribution in [1.82, 2.24) is 4.90 Å². The van der Waals surface area contributed by atoms with Crippen molar-refractivity contribution in [2.75, 3.05) is 19.6 Å². The fraction of sp³-hybridized carbons (Fsp3) is 0.357. The maximum atomic E-state index is 12.4. The Morgan fingerprint density at radius 2 is 2.33 bits per heavy atom. The molecule has 0 aliphatic carbocycles. The lowest BCUT2D eigenvalue weighted by Crippen LogP contribution is -2.29. The zero-order chi connectivity index (χ0) is 12.5. The molecule has 0 bridgehead atoms. The van der Waals surface area contributed by atoms with E-state index < -0.39 is 0 Å². The highest BCUT2D eigenvalue weighted by atomic mass is 32.1. The van der Waals surface area contributed by atoms with Crippen molar-refractivity contribution < 1.29 is 4.79 Å². The van der Waals surface area contributed by atoms with E-state index in [2.05, 4.69) is 11.4 Å². The van der Waals surface area contributed by atoms with Gasteiger partial charge in [0.2, 0.25) is 0 Å². The summed E-state index contributed by atoms with van der Waals surface area (Å²) in [6.07, 6.45) is 1.03. The van der Waals surface area contributed by atoms with E-state index in [9.17, 15) is 4.79 Å². The van der Waals surface area contributed by atoms with Gasteiger partial charge in [-0.3, -0.25) is 4.79 Å². The molecule has 1 amide bonds. The molecule has 1 unspecified atom stereocenters. The van der Waals surface area contributed by atoms with E-state index >= 15 is 0 Å². The second-order valence-corrected chi connectivity index (χ2v) is 5.76. The van der Waals surface area contributed by atoms with E-state index in [0.717, 1.165) is 30.5 Å². The van der Waals surface area contributed by atoms with Crippen LogP contribution in [0.15, 0.2) is 29.6 Å². The molecule has 0 spiro atoms. The number of carbonyl (C=O) groups excluding carboxylic acids is 1. The molecule has 3 nitrogen and oxygen atoms in total. The maximum absolute atomic E-state index is 12.4. The molecule has 1 aliphatic rings. The molecule has 18 heavy (non-hydrogen) atoms. The van der Waals surface area contributed by atoms with Crippen LogP contribution < -0.4 is 5.73 Å². The number of benzene rings is 1. The summed E-state index contributed by atoms with van der Waals surface area (Å²) in [5.41, 5.74) is 6.45. The average Bonchev–Trinajstić information content (AvgIpc) is 3.05. The van der Waals surface area contributed by atoms with Crippen molar-refractivity contribution in [1.29, 1.82) is 0 Å². The van der Waals surface area contributed by atoms with Crippen LogP contribution in [-0.2, 0) is 0 Å². The van der Waals surface area contributed by atoms with Crippen LogP contribution in [0.4, 0.5) is 0 Å². The van der Waals surface area contributed by atoms with Gasteiger partial charge in [-0.2, -0.15) is 0 Å². The molecule has 2 N–H and O–H groups in total. The summed E-state index contributed by atoms with van der Waals surface area (Å²) >= 11 is 1.70. The van der Waals surface area contributed by atoms with Gasteiger partial charge < -0.3 is 10.6 Å². The van der Waals surface area contributed by atoms with Crippen LogP contribution in [0.3, 0.4) is 0 Å². The van der Waals surface area contributed by atoms with Crippen molar-refractivity contribution in [3.63, 3.8) is 0 Å². The molecule has 2 heterocycles. The number of likely N-dealkylation sites (tertiary alicyclic amines) is 1. The van der Waals surface area contributed by atoms with E-state index in [1.54, 1.807) is 11.3 Å². The Kier molecular flexibility index (Phi) is 3.06. The number of amides is 1. The maximum Gasteiger partial charge on any atom is 0.253 e. The third kappa shape index (κ3) is 2.02. The molecule has 3 rings (SSSR count). The Morgan fingerprint density at radius 1 is 1.44 bits per heavy atom. The fourth-order valence-electron chi connectivity index (χ4n) is 2.49. The Balaban J connectivity index is 1.83. The van der Waals surface area contributed by atoms with E-state index in [1.807, 2.05) is 23.1 Å². The molecule has 0 radical (unpaired) electrons. The molecule has 1 aromatic heterocycles. The number of hydrogen-bond acceptors (Lipinski definition) is 3. The van der Waals surface area contributed by atoms with E-state index in [4.69, 9.17) is 5.73 Å². The molecule has 0 saturated carbocycles. The highest BCUT2D eigenvalue weighted by Crippen LogP contribution is 2.24. The van der Waals surface area contributed by atoms with Crippen LogP contribution in [0, 0.1) is 5.92 Å². The zero-order valence-corrected chi connectivity index (χ0v) is 11.0. The Labute approximate surface area is 110 Å². The van der Waals surface area contributed by atoms with Gasteiger partial charge in [0.25, 0.3) is 5.91 Å². The Bertz CT molecular complexity index is 578. The van der Waals surface area contributed by atoms with Gasteiger partial charge >= 0.3 is 0 Å². The topological polar surface area (TPSA) is 46.3 Å². The van der Waals surface area contributed by atoms with Crippen LogP contribution in [0.5, 0.6) is 0 Å². The SMILES string of the molecule is NCC1CCN(C(=O)c2ccc3sccc3c2)C1. The van der Waals surface area contributed by atoms with Gasteiger partial charge in [0.1, 0.15) is 0 Å². The van der Waals surface area contributed by atoms with Gasteiger partial charge in [0.15, 0.2) is 0 Å². The van der Waals surface area contributed by atoms with Gasteiger partial charge in [0, 0.05) is 23.4 Å². The number of nitrogens with two attached hydrogens (primary N) is 1. The van der Waals surface area contributed by atoms with E-state index in [-0.39, 0.29) is 5.91 Å². The van der Waals surface area contributed by atoms with Gasteiger partial charge in [-0.15, -0.1) is 11.3 Å². The fourth-order valence-corrected chi connectivity index (χ4v) is 3.26. The molecule has 1 fully saturated rings. The average molecular weight is 260 g/mol. The summed E-state index contributed by atoms with van der Waals surface area (Å²) in [5.74, 6) is 0.609. The molecular weight excluding hydrogens is 244 g/mol. The van der Waals surface area contributed by atoms with Crippen molar-refractivity contribution in [2.24, 2.45) is 11.7 Å². The van der Waals surface area contributed by atoms with Crippen LogP contribution in [0.25, 0.3) is 10.1 Å². The largest absolute Gasteiger partial charge is 0.338 e. The van der Waals surface area contributed by atoms with Gasteiger partial charge in [0.05, 0.1) is 0 Å². The Morgan fingerprint density at radius 3 is 3.11 bits per heavy atom. The molecule has 4 heteroatoms. The first-order valence-electron chi connectivity index (χ1n) is 6.24. The predicted molar refractivity (Wildman–Crippen MR) is 74.9 cm³/mol. The number of carbonyl (C=O) groups is 1. The molecule has 2 aromatic rings.